The molecule has 1 aromatic heterocycles. The predicted molar refractivity (Wildman–Crippen MR) is 82.0 cm³/mol. The van der Waals surface area contributed by atoms with Crippen molar-refractivity contribution >= 4 is 6.01 Å². The van der Waals surface area contributed by atoms with Crippen LogP contribution in [-0.4, -0.2) is 48.6 Å². The Morgan fingerprint density at radius 2 is 2.25 bits per heavy atom. The van der Waals surface area contributed by atoms with Gasteiger partial charge in [-0.1, -0.05) is 0 Å². The molecule has 5 nitrogen and oxygen atoms in total. The van der Waals surface area contributed by atoms with Crippen molar-refractivity contribution in [1.82, 2.24) is 15.2 Å². The van der Waals surface area contributed by atoms with Gasteiger partial charge in [-0.25, -0.2) is 0 Å². The molecule has 5 heteroatoms. The van der Waals surface area contributed by atoms with Crippen molar-refractivity contribution in [2.24, 2.45) is 0 Å². The number of rotatable bonds is 5. The SMILES string of the molecule is CN(CC1CCCN1C)c1nc(CNC(C)(C)C)co1. The van der Waals surface area contributed by atoms with Gasteiger partial charge in [-0.05, 0) is 47.2 Å². The maximum atomic E-state index is 5.59. The van der Waals surface area contributed by atoms with Crippen molar-refractivity contribution in [1.29, 1.82) is 0 Å². The zero-order chi connectivity index (χ0) is 14.8. The Bertz CT molecular complexity index is 424. The van der Waals surface area contributed by atoms with Crippen LogP contribution < -0.4 is 10.2 Å². The van der Waals surface area contributed by atoms with Gasteiger partial charge in [0.25, 0.3) is 6.01 Å². The van der Waals surface area contributed by atoms with Crippen LogP contribution in [-0.2, 0) is 6.54 Å². The first-order valence-electron chi connectivity index (χ1n) is 7.46. The molecule has 0 saturated carbocycles. The normalized spacial score (nSPS) is 20.6. The number of nitrogens with one attached hydrogen (secondary N) is 1. The van der Waals surface area contributed by atoms with Gasteiger partial charge in [-0.2, -0.15) is 4.98 Å². The molecule has 0 aliphatic carbocycles. The van der Waals surface area contributed by atoms with Gasteiger partial charge in [-0.15, -0.1) is 0 Å². The number of hydrogen-bond acceptors (Lipinski definition) is 5. The number of oxazole rings is 1. The molecule has 1 unspecified atom stereocenters. The fraction of sp³-hybridized carbons (Fsp3) is 0.800. The molecule has 0 spiro atoms. The van der Waals surface area contributed by atoms with Gasteiger partial charge < -0.3 is 19.5 Å². The molecule has 1 aliphatic heterocycles. The van der Waals surface area contributed by atoms with Crippen LogP contribution in [0.5, 0.6) is 0 Å². The van der Waals surface area contributed by atoms with Gasteiger partial charge in [0.2, 0.25) is 0 Å². The number of hydrogen-bond donors (Lipinski definition) is 1. The highest BCUT2D eigenvalue weighted by atomic mass is 16.4. The van der Waals surface area contributed by atoms with Gasteiger partial charge in [-0.3, -0.25) is 0 Å². The molecule has 0 aromatic carbocycles. The summed E-state index contributed by atoms with van der Waals surface area (Å²) in [7, 11) is 4.25. The lowest BCUT2D eigenvalue weighted by molar-refractivity contribution is 0.311. The first kappa shape index (κ1) is 15.3. The average Bonchev–Trinajstić information content (AvgIpc) is 2.96. The Morgan fingerprint density at radius 1 is 1.50 bits per heavy atom. The zero-order valence-electron chi connectivity index (χ0n) is 13.4. The lowest BCUT2D eigenvalue weighted by atomic mass is 10.1. The molecule has 0 radical (unpaired) electrons. The summed E-state index contributed by atoms with van der Waals surface area (Å²) in [6.45, 7) is 9.36. The van der Waals surface area contributed by atoms with E-state index < -0.39 is 0 Å². The first-order valence-corrected chi connectivity index (χ1v) is 7.46. The van der Waals surface area contributed by atoms with Crippen molar-refractivity contribution in [3.63, 3.8) is 0 Å². The van der Waals surface area contributed by atoms with Crippen molar-refractivity contribution in [2.75, 3.05) is 32.1 Å². The molecule has 0 bridgehead atoms. The Labute approximate surface area is 122 Å². The van der Waals surface area contributed by atoms with Gasteiger partial charge in [0.1, 0.15) is 6.26 Å². The van der Waals surface area contributed by atoms with Crippen LogP contribution in [0.2, 0.25) is 0 Å². The third-order valence-corrected chi connectivity index (χ3v) is 3.82. The molecule has 0 amide bonds. The quantitative estimate of drug-likeness (QED) is 0.895. The molecular weight excluding hydrogens is 252 g/mol. The summed E-state index contributed by atoms with van der Waals surface area (Å²) in [5.74, 6) is 0. The molecule has 1 N–H and O–H groups in total. The van der Waals surface area contributed by atoms with E-state index in [2.05, 4.69) is 55.0 Å². The van der Waals surface area contributed by atoms with E-state index in [-0.39, 0.29) is 5.54 Å². The van der Waals surface area contributed by atoms with E-state index >= 15 is 0 Å². The van der Waals surface area contributed by atoms with E-state index in [0.717, 1.165) is 24.8 Å². The van der Waals surface area contributed by atoms with Crippen LogP contribution in [0.4, 0.5) is 6.01 Å². The largest absolute Gasteiger partial charge is 0.432 e. The molecule has 20 heavy (non-hydrogen) atoms. The van der Waals surface area contributed by atoms with Crippen molar-refractivity contribution in [2.45, 2.75) is 51.7 Å². The first-order chi connectivity index (χ1) is 9.35. The van der Waals surface area contributed by atoms with Crippen molar-refractivity contribution < 1.29 is 4.42 Å². The maximum absolute atomic E-state index is 5.59. The Balaban J connectivity index is 1.87. The molecule has 2 heterocycles. The van der Waals surface area contributed by atoms with Gasteiger partial charge in [0.05, 0.1) is 5.69 Å². The predicted octanol–water partition coefficient (Wildman–Crippen LogP) is 2.09. The summed E-state index contributed by atoms with van der Waals surface area (Å²) in [6.07, 6.45) is 4.31. The zero-order valence-corrected chi connectivity index (χ0v) is 13.4. The number of nitrogens with zero attached hydrogens (tertiary/aromatic N) is 3. The second kappa shape index (κ2) is 6.14. The Morgan fingerprint density at radius 3 is 2.85 bits per heavy atom. The van der Waals surface area contributed by atoms with E-state index in [0.29, 0.717) is 6.04 Å². The standard InChI is InChI=1S/C15H28N4O/c1-15(2,3)16-9-12-11-20-14(17-12)19(5)10-13-7-6-8-18(13)4/h11,13,16H,6-10H2,1-5H3. The lowest BCUT2D eigenvalue weighted by Crippen LogP contribution is -2.37. The van der Waals surface area contributed by atoms with Gasteiger partial charge >= 0.3 is 0 Å². The highest BCUT2D eigenvalue weighted by molar-refractivity contribution is 5.26. The Hall–Kier alpha value is -1.07. The summed E-state index contributed by atoms with van der Waals surface area (Å²) in [5, 5.41) is 3.42. The maximum Gasteiger partial charge on any atom is 0.297 e. The van der Waals surface area contributed by atoms with E-state index in [1.807, 2.05) is 0 Å². The minimum atomic E-state index is 0.0948. The third kappa shape index (κ3) is 4.21. The van der Waals surface area contributed by atoms with E-state index in [1.54, 1.807) is 6.26 Å². The number of likely N-dealkylation sites (tertiary alicyclic amines) is 1. The van der Waals surface area contributed by atoms with E-state index in [9.17, 15) is 0 Å². The van der Waals surface area contributed by atoms with Crippen LogP contribution >= 0.6 is 0 Å². The van der Waals surface area contributed by atoms with Crippen LogP contribution in [0.1, 0.15) is 39.3 Å². The topological polar surface area (TPSA) is 44.5 Å². The van der Waals surface area contributed by atoms with Crippen LogP contribution in [0.3, 0.4) is 0 Å². The average molecular weight is 280 g/mol. The smallest absolute Gasteiger partial charge is 0.297 e. The summed E-state index contributed by atoms with van der Waals surface area (Å²) >= 11 is 0. The molecule has 114 valence electrons. The number of likely N-dealkylation sites (N-methyl/N-ethyl adjacent to an activating group) is 2. The highest BCUT2D eigenvalue weighted by Crippen LogP contribution is 2.19. The summed E-state index contributed by atoms with van der Waals surface area (Å²) in [6, 6.07) is 1.33. The summed E-state index contributed by atoms with van der Waals surface area (Å²) in [5.41, 5.74) is 1.05. The Kier molecular flexibility index (Phi) is 4.70. The molecular formula is C15H28N4O. The molecule has 1 atom stereocenters. The van der Waals surface area contributed by atoms with Crippen molar-refractivity contribution in [3.05, 3.63) is 12.0 Å². The monoisotopic (exact) mass is 280 g/mol. The van der Waals surface area contributed by atoms with Crippen LogP contribution in [0.15, 0.2) is 10.7 Å². The summed E-state index contributed by atoms with van der Waals surface area (Å²) < 4.78 is 5.59. The van der Waals surface area contributed by atoms with E-state index in [1.165, 1.54) is 19.4 Å². The molecule has 1 aromatic rings. The fourth-order valence-corrected chi connectivity index (χ4v) is 2.51. The lowest BCUT2D eigenvalue weighted by Gasteiger charge is -2.24. The molecule has 1 saturated heterocycles. The molecule has 2 rings (SSSR count). The molecule has 1 aliphatic rings. The van der Waals surface area contributed by atoms with E-state index in [4.69, 9.17) is 4.42 Å². The minimum absolute atomic E-state index is 0.0948. The summed E-state index contributed by atoms with van der Waals surface area (Å²) in [4.78, 5) is 9.09. The van der Waals surface area contributed by atoms with Gasteiger partial charge in [0.15, 0.2) is 0 Å². The third-order valence-electron chi connectivity index (χ3n) is 3.82. The number of anilines is 1. The number of aromatic nitrogens is 1. The van der Waals surface area contributed by atoms with Crippen molar-refractivity contribution in [3.8, 4) is 0 Å². The fourth-order valence-electron chi connectivity index (χ4n) is 2.51. The molecule has 1 fully saturated rings. The van der Waals surface area contributed by atoms with Gasteiger partial charge in [0, 0.05) is 31.7 Å². The minimum Gasteiger partial charge on any atom is -0.432 e. The van der Waals surface area contributed by atoms with Crippen LogP contribution in [0.25, 0.3) is 0 Å². The second-order valence-corrected chi connectivity index (χ2v) is 6.88. The highest BCUT2D eigenvalue weighted by Gasteiger charge is 2.23. The second-order valence-electron chi connectivity index (χ2n) is 6.88. The van der Waals surface area contributed by atoms with Crippen LogP contribution in [0, 0.1) is 0 Å².